The minimum atomic E-state index is -2.60. The number of nitrogens with one attached hydrogen (secondary N) is 1. The van der Waals surface area contributed by atoms with Crippen LogP contribution in [0.15, 0.2) is 29.8 Å². The number of halogens is 2. The molecule has 1 atom stereocenters. The van der Waals surface area contributed by atoms with Gasteiger partial charge >= 0.3 is 0 Å². The molecule has 3 rings (SSSR count). The van der Waals surface area contributed by atoms with E-state index in [1.165, 1.54) is 6.92 Å². The van der Waals surface area contributed by atoms with Crippen molar-refractivity contribution < 1.29 is 13.6 Å². The van der Waals surface area contributed by atoms with Crippen molar-refractivity contribution in [1.82, 2.24) is 4.90 Å². The summed E-state index contributed by atoms with van der Waals surface area (Å²) in [5, 5.41) is 3.57. The van der Waals surface area contributed by atoms with Crippen molar-refractivity contribution >= 4 is 17.5 Å². The number of likely N-dealkylation sites (tertiary alicyclic amines) is 1. The average Bonchev–Trinajstić information content (AvgIpc) is 2.62. The smallest absolute Gasteiger partial charge is 0.260 e. The van der Waals surface area contributed by atoms with Gasteiger partial charge in [-0.1, -0.05) is 25.1 Å². The van der Waals surface area contributed by atoms with Crippen LogP contribution in [-0.4, -0.2) is 42.8 Å². The van der Waals surface area contributed by atoms with Crippen LogP contribution < -0.4 is 5.32 Å². The van der Waals surface area contributed by atoms with Gasteiger partial charge in [-0.3, -0.25) is 9.69 Å². The van der Waals surface area contributed by atoms with Gasteiger partial charge in [0, 0.05) is 23.2 Å². The number of hydrogen-bond acceptors (Lipinski definition) is 3. The van der Waals surface area contributed by atoms with E-state index in [1.807, 2.05) is 36.1 Å². The van der Waals surface area contributed by atoms with Gasteiger partial charge in [-0.25, -0.2) is 8.78 Å². The molecule has 1 N–H and O–H groups in total. The SMILES string of the molecule is CCC(F)(F)CN1CCC(C2Nc3ccccc3C(C=O)=C2C)CC1. The van der Waals surface area contributed by atoms with E-state index in [9.17, 15) is 13.6 Å². The summed E-state index contributed by atoms with van der Waals surface area (Å²) in [6.07, 6.45) is 2.56. The second-order valence-electron chi connectivity index (χ2n) is 7.21. The lowest BCUT2D eigenvalue weighted by Gasteiger charge is -2.40. The number of fused-ring (bicyclic) bond motifs is 1. The Morgan fingerprint density at radius 2 is 1.96 bits per heavy atom. The van der Waals surface area contributed by atoms with E-state index in [1.54, 1.807) is 0 Å². The number of anilines is 1. The van der Waals surface area contributed by atoms with Crippen LogP contribution in [-0.2, 0) is 4.79 Å². The molecule has 1 unspecified atom stereocenters. The van der Waals surface area contributed by atoms with Crippen molar-refractivity contribution in [3.63, 3.8) is 0 Å². The number of alkyl halides is 2. The molecule has 0 aromatic heterocycles. The van der Waals surface area contributed by atoms with Gasteiger partial charge in [0.1, 0.15) is 0 Å². The number of carbonyl (C=O) groups is 1. The van der Waals surface area contributed by atoms with Crippen molar-refractivity contribution in [1.29, 1.82) is 0 Å². The first-order valence-corrected chi connectivity index (χ1v) is 9.07. The highest BCUT2D eigenvalue weighted by Gasteiger charge is 2.35. The fraction of sp³-hybridized carbons (Fsp3) is 0.550. The Bertz CT molecular complexity index is 663. The van der Waals surface area contributed by atoms with Crippen LogP contribution in [0.3, 0.4) is 0 Å². The maximum absolute atomic E-state index is 13.6. The van der Waals surface area contributed by atoms with Crippen LogP contribution in [0.4, 0.5) is 14.5 Å². The molecule has 0 aliphatic carbocycles. The summed E-state index contributed by atoms with van der Waals surface area (Å²) in [6, 6.07) is 7.95. The zero-order valence-electron chi connectivity index (χ0n) is 14.9. The van der Waals surface area contributed by atoms with E-state index in [0.717, 1.165) is 41.5 Å². The van der Waals surface area contributed by atoms with Crippen LogP contribution in [0.25, 0.3) is 5.57 Å². The topological polar surface area (TPSA) is 32.3 Å². The van der Waals surface area contributed by atoms with Crippen LogP contribution in [0.1, 0.15) is 38.7 Å². The number of aldehydes is 1. The predicted octanol–water partition coefficient (Wildman–Crippen LogP) is 4.21. The van der Waals surface area contributed by atoms with Crippen molar-refractivity contribution in [2.24, 2.45) is 5.92 Å². The molecule has 25 heavy (non-hydrogen) atoms. The number of carbonyl (C=O) groups excluding carboxylic acids is 1. The van der Waals surface area contributed by atoms with Gasteiger partial charge in [0.15, 0.2) is 6.29 Å². The highest BCUT2D eigenvalue weighted by molar-refractivity contribution is 6.11. The molecule has 0 radical (unpaired) electrons. The molecule has 0 amide bonds. The number of rotatable bonds is 5. The molecule has 2 aliphatic heterocycles. The summed E-state index contributed by atoms with van der Waals surface area (Å²) in [5.74, 6) is -2.25. The minimum Gasteiger partial charge on any atom is -0.378 e. The molecule has 0 bridgehead atoms. The van der Waals surface area contributed by atoms with Gasteiger partial charge in [-0.05, 0) is 50.4 Å². The molecule has 3 nitrogen and oxygen atoms in total. The summed E-state index contributed by atoms with van der Waals surface area (Å²) in [5.41, 5.74) is 3.76. The third-order valence-corrected chi connectivity index (χ3v) is 5.61. The second kappa shape index (κ2) is 7.24. The summed E-state index contributed by atoms with van der Waals surface area (Å²) in [7, 11) is 0. The summed E-state index contributed by atoms with van der Waals surface area (Å²) in [6.45, 7) is 4.76. The first-order chi connectivity index (χ1) is 11.9. The Balaban J connectivity index is 1.71. The molecule has 1 saturated heterocycles. The van der Waals surface area contributed by atoms with E-state index in [2.05, 4.69) is 5.32 Å². The van der Waals surface area contributed by atoms with E-state index in [4.69, 9.17) is 0 Å². The fourth-order valence-corrected chi connectivity index (χ4v) is 4.01. The lowest BCUT2D eigenvalue weighted by molar-refractivity contribution is -0.103. The highest BCUT2D eigenvalue weighted by atomic mass is 19.3. The van der Waals surface area contributed by atoms with Crippen molar-refractivity contribution in [3.8, 4) is 0 Å². The number of hydrogen-bond donors (Lipinski definition) is 1. The van der Waals surface area contributed by atoms with Crippen molar-refractivity contribution in [2.45, 2.75) is 45.1 Å². The Morgan fingerprint density at radius 1 is 1.28 bits per heavy atom. The third kappa shape index (κ3) is 3.76. The number of allylic oxidation sites excluding steroid dienone is 1. The van der Waals surface area contributed by atoms with E-state index < -0.39 is 5.92 Å². The Kier molecular flexibility index (Phi) is 5.23. The molecule has 2 aliphatic rings. The quantitative estimate of drug-likeness (QED) is 0.809. The van der Waals surface area contributed by atoms with Gasteiger partial charge in [0.2, 0.25) is 0 Å². The molecule has 0 saturated carbocycles. The fourth-order valence-electron chi connectivity index (χ4n) is 4.01. The molecule has 2 heterocycles. The first kappa shape index (κ1) is 18.1. The number of piperidine rings is 1. The number of benzene rings is 1. The molecule has 1 aromatic rings. The molecule has 0 spiro atoms. The zero-order chi connectivity index (χ0) is 18.0. The maximum Gasteiger partial charge on any atom is 0.260 e. The van der Waals surface area contributed by atoms with Gasteiger partial charge in [0.25, 0.3) is 5.92 Å². The minimum absolute atomic E-state index is 0.101. The van der Waals surface area contributed by atoms with Crippen LogP contribution in [0.2, 0.25) is 0 Å². The van der Waals surface area contributed by atoms with E-state index in [-0.39, 0.29) is 19.0 Å². The number of para-hydroxylation sites is 1. The monoisotopic (exact) mass is 348 g/mol. The van der Waals surface area contributed by atoms with Crippen molar-refractivity contribution in [2.75, 3.05) is 25.0 Å². The van der Waals surface area contributed by atoms with Crippen LogP contribution in [0.5, 0.6) is 0 Å². The second-order valence-corrected chi connectivity index (χ2v) is 7.21. The molecule has 136 valence electrons. The third-order valence-electron chi connectivity index (χ3n) is 5.61. The summed E-state index contributed by atoms with van der Waals surface area (Å²) < 4.78 is 27.2. The summed E-state index contributed by atoms with van der Waals surface area (Å²) in [4.78, 5) is 13.5. The Morgan fingerprint density at radius 3 is 2.60 bits per heavy atom. The zero-order valence-corrected chi connectivity index (χ0v) is 14.9. The Hall–Kier alpha value is -1.75. The normalized spacial score (nSPS) is 22.5. The predicted molar refractivity (Wildman–Crippen MR) is 96.9 cm³/mol. The summed E-state index contributed by atoms with van der Waals surface area (Å²) >= 11 is 0. The molecule has 5 heteroatoms. The van der Waals surface area contributed by atoms with E-state index in [0.29, 0.717) is 19.0 Å². The van der Waals surface area contributed by atoms with Crippen LogP contribution in [0, 0.1) is 5.92 Å². The van der Waals surface area contributed by atoms with Crippen molar-refractivity contribution in [3.05, 3.63) is 35.4 Å². The highest BCUT2D eigenvalue weighted by Crippen LogP contribution is 2.37. The molecule has 1 aromatic carbocycles. The standard InChI is InChI=1S/C20H26F2N2O/c1-3-20(21,22)13-24-10-8-15(9-11-24)19-14(2)17(12-25)16-6-4-5-7-18(16)23-19/h4-7,12,15,19,23H,3,8-11,13H2,1-2H3. The maximum atomic E-state index is 13.6. The average molecular weight is 348 g/mol. The van der Waals surface area contributed by atoms with Gasteiger partial charge < -0.3 is 5.32 Å². The largest absolute Gasteiger partial charge is 0.378 e. The van der Waals surface area contributed by atoms with E-state index >= 15 is 0 Å². The molecule has 1 fully saturated rings. The molecular formula is C20H26F2N2O. The lowest BCUT2D eigenvalue weighted by Crippen LogP contribution is -2.45. The van der Waals surface area contributed by atoms with Crippen LogP contribution >= 0.6 is 0 Å². The molecular weight excluding hydrogens is 322 g/mol. The van der Waals surface area contributed by atoms with Gasteiger partial charge in [-0.15, -0.1) is 0 Å². The number of nitrogens with zero attached hydrogens (tertiary/aromatic N) is 1. The Labute approximate surface area is 148 Å². The van der Waals surface area contributed by atoms with Gasteiger partial charge in [0.05, 0.1) is 12.6 Å². The van der Waals surface area contributed by atoms with Gasteiger partial charge in [-0.2, -0.15) is 0 Å². The first-order valence-electron chi connectivity index (χ1n) is 9.07. The lowest BCUT2D eigenvalue weighted by atomic mass is 9.80.